The van der Waals surface area contributed by atoms with Crippen molar-refractivity contribution in [3.63, 3.8) is 0 Å². The summed E-state index contributed by atoms with van der Waals surface area (Å²) in [5.41, 5.74) is -0.654. The molecule has 0 radical (unpaired) electrons. The van der Waals surface area contributed by atoms with Gasteiger partial charge in [0.15, 0.2) is 6.10 Å². The highest BCUT2D eigenvalue weighted by atomic mass is 16.7. The molecule has 2 aliphatic heterocycles. The second-order valence-electron chi connectivity index (χ2n) is 11.6. The number of carbonyl (C=O) groups excluding carboxylic acids is 3. The molecule has 2 aliphatic carbocycles. The maximum Gasteiger partial charge on any atom is 0.339 e. The van der Waals surface area contributed by atoms with Crippen LogP contribution >= 0.6 is 0 Å². The largest absolute Gasteiger partial charge is 0.472 e. The molecule has 7 atom stereocenters. The van der Waals surface area contributed by atoms with Crippen LogP contribution in [0.4, 0.5) is 0 Å². The summed E-state index contributed by atoms with van der Waals surface area (Å²) in [6, 6.07) is 1.83. The van der Waals surface area contributed by atoms with Crippen LogP contribution in [-0.2, 0) is 28.6 Å². The number of carbonyl (C=O) groups is 3. The normalized spacial score (nSPS) is 42.9. The van der Waals surface area contributed by atoms with Crippen molar-refractivity contribution in [3.05, 3.63) is 36.3 Å². The van der Waals surface area contributed by atoms with Crippen molar-refractivity contribution in [1.29, 1.82) is 0 Å². The minimum absolute atomic E-state index is 0.0106. The zero-order chi connectivity index (χ0) is 24.7. The first-order valence-corrected chi connectivity index (χ1v) is 12.1. The number of furan rings is 1. The highest BCUT2D eigenvalue weighted by molar-refractivity contribution is 5.87. The van der Waals surface area contributed by atoms with Crippen molar-refractivity contribution in [3.8, 4) is 0 Å². The van der Waals surface area contributed by atoms with Gasteiger partial charge in [0.1, 0.15) is 17.5 Å². The second kappa shape index (κ2) is 7.30. The fourth-order valence-electron chi connectivity index (χ4n) is 7.75. The number of Topliss-reactive ketones (excluding diaryl/α,β-unsaturated/α-hetero) is 1. The molecule has 3 heterocycles. The van der Waals surface area contributed by atoms with Gasteiger partial charge in [-0.05, 0) is 48.2 Å². The highest BCUT2D eigenvalue weighted by Crippen LogP contribution is 2.72. The van der Waals surface area contributed by atoms with Gasteiger partial charge in [-0.15, -0.1) is 0 Å². The lowest BCUT2D eigenvalue weighted by atomic mass is 9.45. The summed E-state index contributed by atoms with van der Waals surface area (Å²) in [5.74, 6) is -0.742. The van der Waals surface area contributed by atoms with E-state index in [9.17, 15) is 14.4 Å². The molecule has 7 nitrogen and oxygen atoms in total. The Morgan fingerprint density at radius 2 is 1.91 bits per heavy atom. The Morgan fingerprint density at radius 1 is 1.18 bits per heavy atom. The van der Waals surface area contributed by atoms with Gasteiger partial charge in [0.2, 0.25) is 0 Å². The van der Waals surface area contributed by atoms with Gasteiger partial charge in [-0.3, -0.25) is 9.59 Å². The van der Waals surface area contributed by atoms with Crippen molar-refractivity contribution in [2.75, 3.05) is 7.11 Å². The number of hydrogen-bond acceptors (Lipinski definition) is 7. The standard InChI is InChI=1S/C27H34O7/c1-15-17(25(4)10-8-19(28)24(2,3)18(25)13-20(29)31-6)7-11-26(5)21(16-9-12-32-14-16)33-23(30)22-27(15,26)34-22/h9,12,14,17-18,21-22H,1,7-8,10-11,13H2,2-6H3. The molecule has 4 fully saturated rings. The summed E-state index contributed by atoms with van der Waals surface area (Å²) < 4.78 is 22.4. The first-order chi connectivity index (χ1) is 15.9. The molecule has 184 valence electrons. The van der Waals surface area contributed by atoms with E-state index in [1.165, 1.54) is 7.11 Å². The molecule has 0 amide bonds. The molecule has 2 saturated heterocycles. The molecule has 4 aliphatic rings. The zero-order valence-corrected chi connectivity index (χ0v) is 20.6. The molecule has 2 saturated carbocycles. The van der Waals surface area contributed by atoms with Gasteiger partial charge in [-0.1, -0.05) is 34.3 Å². The van der Waals surface area contributed by atoms with Gasteiger partial charge in [-0.2, -0.15) is 0 Å². The SMILES string of the molecule is C=C1C(C2(C)CCC(=O)C(C)(C)C2CC(=O)OC)CCC2(C)C(c3ccoc3)OC(=O)C3OC132. The first kappa shape index (κ1) is 23.3. The van der Waals surface area contributed by atoms with Crippen LogP contribution in [0.3, 0.4) is 0 Å². The van der Waals surface area contributed by atoms with Crippen LogP contribution in [0.15, 0.2) is 35.2 Å². The number of rotatable bonds is 4. The van der Waals surface area contributed by atoms with Crippen LogP contribution in [0.1, 0.15) is 71.5 Å². The fourth-order valence-corrected chi connectivity index (χ4v) is 7.75. The Balaban J connectivity index is 1.54. The average molecular weight is 471 g/mol. The van der Waals surface area contributed by atoms with Crippen molar-refractivity contribution in [2.45, 2.75) is 77.6 Å². The first-order valence-electron chi connectivity index (χ1n) is 12.1. The van der Waals surface area contributed by atoms with E-state index in [0.717, 1.165) is 24.0 Å². The zero-order valence-electron chi connectivity index (χ0n) is 20.6. The van der Waals surface area contributed by atoms with E-state index in [4.69, 9.17) is 18.6 Å². The summed E-state index contributed by atoms with van der Waals surface area (Å²) in [7, 11) is 1.38. The molecular formula is C27H34O7. The average Bonchev–Trinajstić information content (AvgIpc) is 3.35. The van der Waals surface area contributed by atoms with Crippen LogP contribution in [0.25, 0.3) is 0 Å². The van der Waals surface area contributed by atoms with Gasteiger partial charge in [-0.25, -0.2) is 4.79 Å². The number of cyclic esters (lactones) is 1. The van der Waals surface area contributed by atoms with Crippen LogP contribution in [0.2, 0.25) is 0 Å². The van der Waals surface area contributed by atoms with E-state index in [0.29, 0.717) is 12.8 Å². The number of epoxide rings is 1. The Morgan fingerprint density at radius 3 is 2.56 bits per heavy atom. The summed E-state index contributed by atoms with van der Waals surface area (Å²) in [4.78, 5) is 38.3. The van der Waals surface area contributed by atoms with Gasteiger partial charge in [0, 0.05) is 29.2 Å². The Kier molecular flexibility index (Phi) is 5.01. The molecule has 0 bridgehead atoms. The summed E-state index contributed by atoms with van der Waals surface area (Å²) in [6.45, 7) is 12.7. The Labute approximate surface area is 200 Å². The molecule has 1 aromatic heterocycles. The van der Waals surface area contributed by atoms with E-state index < -0.39 is 28.6 Å². The lowest BCUT2D eigenvalue weighted by Gasteiger charge is -2.58. The van der Waals surface area contributed by atoms with E-state index in [-0.39, 0.29) is 41.4 Å². The molecule has 34 heavy (non-hydrogen) atoms. The molecule has 0 aromatic carbocycles. The predicted octanol–water partition coefficient (Wildman–Crippen LogP) is 4.56. The maximum absolute atomic E-state index is 12.9. The van der Waals surface area contributed by atoms with Crippen molar-refractivity contribution in [2.24, 2.45) is 28.1 Å². The smallest absolute Gasteiger partial charge is 0.339 e. The monoisotopic (exact) mass is 470 g/mol. The van der Waals surface area contributed by atoms with E-state index in [1.54, 1.807) is 12.5 Å². The van der Waals surface area contributed by atoms with Crippen LogP contribution < -0.4 is 0 Å². The fraction of sp³-hybridized carbons (Fsp3) is 0.667. The van der Waals surface area contributed by atoms with Crippen molar-refractivity contribution in [1.82, 2.24) is 0 Å². The maximum atomic E-state index is 12.9. The summed E-state index contributed by atoms with van der Waals surface area (Å²) >= 11 is 0. The van der Waals surface area contributed by atoms with Crippen LogP contribution in [0, 0.1) is 28.1 Å². The third kappa shape index (κ3) is 2.82. The van der Waals surface area contributed by atoms with Crippen molar-refractivity contribution < 1.29 is 33.0 Å². The van der Waals surface area contributed by atoms with Gasteiger partial charge < -0.3 is 18.6 Å². The molecular weight excluding hydrogens is 436 g/mol. The Hall–Kier alpha value is -2.41. The van der Waals surface area contributed by atoms with Crippen LogP contribution in [0.5, 0.6) is 0 Å². The highest BCUT2D eigenvalue weighted by Gasteiger charge is 2.80. The number of ketones is 1. The lowest BCUT2D eigenvalue weighted by molar-refractivity contribution is -0.170. The number of esters is 2. The molecule has 1 aromatic rings. The Bertz CT molecular complexity index is 1060. The third-order valence-electron chi connectivity index (χ3n) is 9.86. The second-order valence-corrected chi connectivity index (χ2v) is 11.6. The molecule has 7 unspecified atom stereocenters. The molecule has 0 N–H and O–H groups in total. The predicted molar refractivity (Wildman–Crippen MR) is 121 cm³/mol. The number of ether oxygens (including phenoxy) is 3. The molecule has 1 spiro atoms. The minimum atomic E-state index is -0.822. The van der Waals surface area contributed by atoms with Gasteiger partial charge in [0.05, 0.1) is 19.6 Å². The van der Waals surface area contributed by atoms with Gasteiger partial charge >= 0.3 is 11.9 Å². The van der Waals surface area contributed by atoms with Crippen LogP contribution in [-0.4, -0.2) is 36.5 Å². The van der Waals surface area contributed by atoms with E-state index in [1.807, 2.05) is 19.9 Å². The van der Waals surface area contributed by atoms with E-state index in [2.05, 4.69) is 20.4 Å². The van der Waals surface area contributed by atoms with Crippen molar-refractivity contribution >= 4 is 17.7 Å². The topological polar surface area (TPSA) is 95.3 Å². The lowest BCUT2D eigenvalue weighted by Crippen LogP contribution is -2.59. The van der Waals surface area contributed by atoms with E-state index >= 15 is 0 Å². The molecule has 7 heteroatoms. The number of hydrogen-bond donors (Lipinski definition) is 0. The van der Waals surface area contributed by atoms with Gasteiger partial charge in [0.25, 0.3) is 0 Å². The molecule has 5 rings (SSSR count). The number of methoxy groups -OCH3 is 1. The quantitative estimate of drug-likeness (QED) is 0.362. The summed E-state index contributed by atoms with van der Waals surface area (Å²) in [6.07, 6.45) is 4.89. The summed E-state index contributed by atoms with van der Waals surface area (Å²) in [5, 5.41) is 0. The third-order valence-corrected chi connectivity index (χ3v) is 9.86. The minimum Gasteiger partial charge on any atom is -0.472 e.